The van der Waals surface area contributed by atoms with Crippen molar-refractivity contribution in [2.24, 2.45) is 0 Å². The number of carbonyl (C=O) groups excluding carboxylic acids is 1. The van der Waals surface area contributed by atoms with E-state index in [9.17, 15) is 4.79 Å². The van der Waals surface area contributed by atoms with E-state index in [0.29, 0.717) is 18.0 Å². The van der Waals surface area contributed by atoms with Crippen molar-refractivity contribution in [3.8, 4) is 17.0 Å². The topological polar surface area (TPSA) is 89.0 Å². The molecular weight excluding hydrogens is 458 g/mol. The number of thiazole rings is 1. The predicted octanol–water partition coefficient (Wildman–Crippen LogP) is 4.75. The zero-order valence-electron chi connectivity index (χ0n) is 19.7. The van der Waals surface area contributed by atoms with Gasteiger partial charge in [0.05, 0.1) is 29.4 Å². The predicted molar refractivity (Wildman–Crippen MR) is 137 cm³/mol. The lowest BCUT2D eigenvalue weighted by Gasteiger charge is -2.25. The highest BCUT2D eigenvalue weighted by Gasteiger charge is 2.48. The van der Waals surface area contributed by atoms with Gasteiger partial charge in [-0.15, -0.1) is 11.3 Å². The van der Waals surface area contributed by atoms with Gasteiger partial charge in [-0.1, -0.05) is 30.3 Å². The second-order valence-electron chi connectivity index (χ2n) is 8.73. The molecule has 3 heterocycles. The molecule has 0 unspecified atom stereocenters. The van der Waals surface area contributed by atoms with Gasteiger partial charge in [-0.3, -0.25) is 15.1 Å². The Hall–Kier alpha value is -3.62. The molecule has 1 aromatic carbocycles. The third-order valence-corrected chi connectivity index (χ3v) is 7.00. The van der Waals surface area contributed by atoms with Crippen molar-refractivity contribution in [1.29, 1.82) is 0 Å². The fraction of sp³-hybridized carbons (Fsp3) is 0.259. The summed E-state index contributed by atoms with van der Waals surface area (Å²) in [6.07, 6.45) is 7.65. The Bertz CT molecular complexity index is 1310. The number of nitrogens with one attached hydrogen (secondary N) is 2. The number of hydrogen-bond acceptors (Lipinski definition) is 7. The first-order valence-corrected chi connectivity index (χ1v) is 12.4. The number of methoxy groups -OCH3 is 1. The molecule has 3 aromatic heterocycles. The van der Waals surface area contributed by atoms with E-state index in [2.05, 4.69) is 26.0 Å². The van der Waals surface area contributed by atoms with Crippen LogP contribution in [-0.2, 0) is 16.8 Å². The second-order valence-corrected chi connectivity index (χ2v) is 9.79. The normalized spacial score (nSPS) is 14.8. The Morgan fingerprint density at radius 2 is 1.91 bits per heavy atom. The van der Waals surface area contributed by atoms with Gasteiger partial charge < -0.3 is 10.1 Å². The zero-order valence-corrected chi connectivity index (χ0v) is 20.5. The maximum atomic E-state index is 13.7. The van der Waals surface area contributed by atoms with Gasteiger partial charge in [-0.25, -0.2) is 9.97 Å². The highest BCUT2D eigenvalue weighted by atomic mass is 32.1. The molecule has 178 valence electrons. The molecule has 0 radical (unpaired) electrons. The molecule has 0 spiro atoms. The van der Waals surface area contributed by atoms with E-state index < -0.39 is 6.04 Å². The summed E-state index contributed by atoms with van der Waals surface area (Å²) in [6.45, 7) is 2.01. The van der Waals surface area contributed by atoms with E-state index >= 15 is 0 Å². The van der Waals surface area contributed by atoms with Gasteiger partial charge in [0, 0.05) is 29.5 Å². The first kappa shape index (κ1) is 23.1. The van der Waals surface area contributed by atoms with Crippen molar-refractivity contribution in [1.82, 2.24) is 20.3 Å². The van der Waals surface area contributed by atoms with Crippen LogP contribution in [0.25, 0.3) is 11.1 Å². The summed E-state index contributed by atoms with van der Waals surface area (Å²) >= 11 is 1.64. The number of rotatable bonds is 9. The molecule has 1 aliphatic carbocycles. The zero-order chi connectivity index (χ0) is 24.3. The molecule has 4 aromatic rings. The Balaban J connectivity index is 1.42. The summed E-state index contributed by atoms with van der Waals surface area (Å²) < 4.78 is 5.45. The van der Waals surface area contributed by atoms with Crippen LogP contribution in [0.4, 0.5) is 5.69 Å². The Morgan fingerprint density at radius 1 is 1.14 bits per heavy atom. The quantitative estimate of drug-likeness (QED) is 0.356. The van der Waals surface area contributed by atoms with Crippen molar-refractivity contribution < 1.29 is 9.53 Å². The average molecular weight is 486 g/mol. The molecule has 2 N–H and O–H groups in total. The lowest BCUT2D eigenvalue weighted by molar-refractivity contribution is -0.118. The Labute approximate surface area is 208 Å². The summed E-state index contributed by atoms with van der Waals surface area (Å²) in [4.78, 5) is 26.9. The SMILES string of the molecule is COc1ncc(-c2ccncc2)cc1NC(=O)[C@H](Cc1ccccc1)NC1(c2csc(C)n2)CC1. The van der Waals surface area contributed by atoms with E-state index in [1.54, 1.807) is 37.0 Å². The average Bonchev–Trinajstić information content (AvgIpc) is 3.54. The van der Waals surface area contributed by atoms with Crippen LogP contribution in [0.5, 0.6) is 5.88 Å². The van der Waals surface area contributed by atoms with Crippen LogP contribution in [0.2, 0.25) is 0 Å². The third-order valence-electron chi connectivity index (χ3n) is 6.22. The molecule has 1 atom stereocenters. The van der Waals surface area contributed by atoms with E-state index in [0.717, 1.165) is 40.2 Å². The number of nitrogens with zero attached hydrogens (tertiary/aromatic N) is 3. The van der Waals surface area contributed by atoms with Gasteiger partial charge in [0.25, 0.3) is 0 Å². The molecule has 35 heavy (non-hydrogen) atoms. The number of amides is 1. The minimum Gasteiger partial charge on any atom is -0.480 e. The van der Waals surface area contributed by atoms with Crippen molar-refractivity contribution in [2.45, 2.75) is 37.8 Å². The number of benzene rings is 1. The van der Waals surface area contributed by atoms with Gasteiger partial charge in [-0.05, 0) is 55.5 Å². The number of ether oxygens (including phenoxy) is 1. The smallest absolute Gasteiger partial charge is 0.242 e. The molecule has 7 nitrogen and oxygen atoms in total. The molecule has 1 fully saturated rings. The van der Waals surface area contributed by atoms with Crippen LogP contribution < -0.4 is 15.4 Å². The lowest BCUT2D eigenvalue weighted by atomic mass is 10.0. The standard InChI is InChI=1S/C27H27N5O2S/c1-18-30-24(17-35-18)27(10-11-27)32-22(14-19-6-4-3-5-7-19)25(33)31-23-15-21(16-29-26(23)34-2)20-8-12-28-13-9-20/h3-9,12-13,15-17,22,32H,10-11,14H2,1-2H3,(H,31,33)/t22-/m0/s1. The van der Waals surface area contributed by atoms with Crippen LogP contribution in [0.15, 0.2) is 72.5 Å². The fourth-order valence-electron chi connectivity index (χ4n) is 4.20. The number of anilines is 1. The van der Waals surface area contributed by atoms with Crippen LogP contribution in [0, 0.1) is 6.92 Å². The van der Waals surface area contributed by atoms with Crippen LogP contribution in [-0.4, -0.2) is 34.0 Å². The monoisotopic (exact) mass is 485 g/mol. The van der Waals surface area contributed by atoms with Crippen molar-refractivity contribution >= 4 is 22.9 Å². The maximum absolute atomic E-state index is 13.7. The molecule has 0 bridgehead atoms. The van der Waals surface area contributed by atoms with Gasteiger partial charge in [0.2, 0.25) is 11.8 Å². The Morgan fingerprint density at radius 3 is 2.57 bits per heavy atom. The minimum absolute atomic E-state index is 0.140. The highest BCUT2D eigenvalue weighted by Crippen LogP contribution is 2.46. The van der Waals surface area contributed by atoms with E-state index in [1.807, 2.05) is 55.5 Å². The van der Waals surface area contributed by atoms with Crippen molar-refractivity contribution in [3.63, 3.8) is 0 Å². The highest BCUT2D eigenvalue weighted by molar-refractivity contribution is 7.09. The first-order valence-electron chi connectivity index (χ1n) is 11.6. The molecule has 1 saturated carbocycles. The summed E-state index contributed by atoms with van der Waals surface area (Å²) in [5.41, 5.74) is 4.20. The Kier molecular flexibility index (Phi) is 6.57. The molecule has 0 saturated heterocycles. The lowest BCUT2D eigenvalue weighted by Crippen LogP contribution is -2.47. The number of aromatic nitrogens is 3. The second kappa shape index (κ2) is 9.93. The van der Waals surface area contributed by atoms with Gasteiger partial charge >= 0.3 is 0 Å². The molecule has 8 heteroatoms. The largest absolute Gasteiger partial charge is 0.480 e. The molecule has 1 aliphatic rings. The van der Waals surface area contributed by atoms with Crippen LogP contribution in [0.1, 0.15) is 29.1 Å². The fourth-order valence-corrected chi connectivity index (χ4v) is 4.91. The summed E-state index contributed by atoms with van der Waals surface area (Å²) in [6, 6.07) is 15.3. The van der Waals surface area contributed by atoms with Gasteiger partial charge in [-0.2, -0.15) is 0 Å². The van der Waals surface area contributed by atoms with E-state index in [1.165, 1.54) is 0 Å². The van der Waals surface area contributed by atoms with Gasteiger partial charge in [0.15, 0.2) is 0 Å². The molecule has 1 amide bonds. The van der Waals surface area contributed by atoms with Crippen molar-refractivity contribution in [2.75, 3.05) is 12.4 Å². The number of hydrogen-bond donors (Lipinski definition) is 2. The van der Waals surface area contributed by atoms with Gasteiger partial charge in [0.1, 0.15) is 5.69 Å². The molecule has 0 aliphatic heterocycles. The first-order chi connectivity index (χ1) is 17.1. The minimum atomic E-state index is -0.462. The number of aryl methyl sites for hydroxylation is 1. The van der Waals surface area contributed by atoms with Crippen LogP contribution in [0.3, 0.4) is 0 Å². The number of pyridine rings is 2. The summed E-state index contributed by atoms with van der Waals surface area (Å²) in [7, 11) is 1.55. The van der Waals surface area contributed by atoms with E-state index in [-0.39, 0.29) is 11.4 Å². The molecular formula is C27H27N5O2S. The summed E-state index contributed by atoms with van der Waals surface area (Å²) in [5, 5.41) is 9.85. The van der Waals surface area contributed by atoms with E-state index in [4.69, 9.17) is 9.72 Å². The number of carbonyl (C=O) groups is 1. The molecule has 5 rings (SSSR count). The maximum Gasteiger partial charge on any atom is 0.242 e. The summed E-state index contributed by atoms with van der Waals surface area (Å²) in [5.74, 6) is 0.227. The van der Waals surface area contributed by atoms with Crippen LogP contribution >= 0.6 is 11.3 Å². The third kappa shape index (κ3) is 5.23. The van der Waals surface area contributed by atoms with Crippen molar-refractivity contribution in [3.05, 3.63) is 88.8 Å².